The molecule has 0 radical (unpaired) electrons. The van der Waals surface area contributed by atoms with E-state index in [1.54, 1.807) is 18.5 Å². The summed E-state index contributed by atoms with van der Waals surface area (Å²) in [4.78, 5) is 15.6. The van der Waals surface area contributed by atoms with Crippen LogP contribution in [0.5, 0.6) is 0 Å². The summed E-state index contributed by atoms with van der Waals surface area (Å²) >= 11 is 6.13. The summed E-state index contributed by atoms with van der Waals surface area (Å²) in [6, 6.07) is 9.72. The molecule has 2 aromatic rings. The predicted octanol–water partition coefficient (Wildman–Crippen LogP) is 2.16. The maximum absolute atomic E-state index is 9.36. The molecule has 2 aliphatic heterocycles. The van der Waals surface area contributed by atoms with Crippen LogP contribution in [-0.4, -0.2) is 62.5 Å². The number of nitriles is 1. The van der Waals surface area contributed by atoms with E-state index in [4.69, 9.17) is 16.3 Å². The number of aromatic nitrogens is 2. The van der Waals surface area contributed by atoms with Crippen molar-refractivity contribution < 1.29 is 4.74 Å². The maximum Gasteiger partial charge on any atom is 0.134 e. The molecule has 0 bridgehead atoms. The van der Waals surface area contributed by atoms with Crippen LogP contribution in [0.1, 0.15) is 5.56 Å². The summed E-state index contributed by atoms with van der Waals surface area (Å²) in [5.74, 6) is 1.89. The van der Waals surface area contributed by atoms with E-state index in [-0.39, 0.29) is 0 Å². The summed E-state index contributed by atoms with van der Waals surface area (Å²) in [7, 11) is 0. The predicted molar refractivity (Wildman–Crippen MR) is 106 cm³/mol. The number of anilines is 3. The van der Waals surface area contributed by atoms with Crippen LogP contribution in [0.4, 0.5) is 17.3 Å². The lowest BCUT2D eigenvalue weighted by atomic mass is 10.1. The fraction of sp³-hybridized carbons (Fsp3) is 0.421. The number of hydrogen-bond acceptors (Lipinski definition) is 7. The van der Waals surface area contributed by atoms with Crippen LogP contribution < -0.4 is 14.7 Å². The van der Waals surface area contributed by atoms with Gasteiger partial charge in [-0.3, -0.25) is 0 Å². The van der Waals surface area contributed by atoms with E-state index in [2.05, 4.69) is 36.8 Å². The average molecular weight is 385 g/mol. The van der Waals surface area contributed by atoms with E-state index in [9.17, 15) is 5.26 Å². The molecule has 0 N–H and O–H groups in total. The molecule has 2 fully saturated rings. The van der Waals surface area contributed by atoms with Gasteiger partial charge in [-0.15, -0.1) is 0 Å². The third kappa shape index (κ3) is 3.92. The topological polar surface area (TPSA) is 68.5 Å². The number of ether oxygens (including phenoxy) is 1. The van der Waals surface area contributed by atoms with Crippen molar-refractivity contribution in [3.8, 4) is 6.07 Å². The van der Waals surface area contributed by atoms with Gasteiger partial charge < -0.3 is 19.4 Å². The van der Waals surface area contributed by atoms with Crippen molar-refractivity contribution in [2.45, 2.75) is 0 Å². The van der Waals surface area contributed by atoms with E-state index in [0.29, 0.717) is 10.6 Å². The van der Waals surface area contributed by atoms with Crippen molar-refractivity contribution in [3.63, 3.8) is 0 Å². The number of rotatable bonds is 3. The molecule has 0 saturated carbocycles. The number of piperazine rings is 1. The minimum absolute atomic E-state index is 0.650. The van der Waals surface area contributed by atoms with E-state index >= 15 is 0 Å². The summed E-state index contributed by atoms with van der Waals surface area (Å²) in [6.07, 6.45) is 1.64. The van der Waals surface area contributed by atoms with Gasteiger partial charge in [-0.25, -0.2) is 9.97 Å². The zero-order valence-corrected chi connectivity index (χ0v) is 15.8. The molecular formula is C19H21ClN6O. The van der Waals surface area contributed by atoms with Gasteiger partial charge in [0.1, 0.15) is 24.0 Å². The van der Waals surface area contributed by atoms with Crippen LogP contribution >= 0.6 is 11.6 Å². The maximum atomic E-state index is 9.36. The van der Waals surface area contributed by atoms with Crippen molar-refractivity contribution in [1.29, 1.82) is 5.26 Å². The van der Waals surface area contributed by atoms with Gasteiger partial charge in [0.15, 0.2) is 0 Å². The van der Waals surface area contributed by atoms with E-state index in [0.717, 1.165) is 69.8 Å². The molecule has 140 valence electrons. The lowest BCUT2D eigenvalue weighted by Gasteiger charge is -2.37. The quantitative estimate of drug-likeness (QED) is 0.803. The highest BCUT2D eigenvalue weighted by molar-refractivity contribution is 6.30. The Hall–Kier alpha value is -2.56. The molecule has 0 amide bonds. The Morgan fingerprint density at radius 1 is 0.889 bits per heavy atom. The van der Waals surface area contributed by atoms with Crippen molar-refractivity contribution in [1.82, 2.24) is 9.97 Å². The van der Waals surface area contributed by atoms with Crippen LogP contribution in [0.15, 0.2) is 30.6 Å². The summed E-state index contributed by atoms with van der Waals surface area (Å²) < 4.78 is 5.42. The Morgan fingerprint density at radius 2 is 1.52 bits per heavy atom. The lowest BCUT2D eigenvalue weighted by molar-refractivity contribution is 0.122. The minimum Gasteiger partial charge on any atom is -0.378 e. The Balaban J connectivity index is 1.45. The largest absolute Gasteiger partial charge is 0.378 e. The lowest BCUT2D eigenvalue weighted by Crippen LogP contribution is -2.47. The third-order valence-corrected chi connectivity index (χ3v) is 5.23. The average Bonchev–Trinajstić information content (AvgIpc) is 2.74. The standard InChI is InChI=1S/C19H21ClN6O/c20-16-2-1-15(13-21)17(11-16)24-3-5-25(6-4-24)18-12-19(23-14-22-18)26-7-9-27-10-8-26/h1-2,11-12,14H,3-10H2. The van der Waals surface area contributed by atoms with Gasteiger partial charge >= 0.3 is 0 Å². The molecule has 3 heterocycles. The van der Waals surface area contributed by atoms with E-state index in [1.165, 1.54) is 0 Å². The van der Waals surface area contributed by atoms with E-state index in [1.807, 2.05) is 6.07 Å². The molecular weight excluding hydrogens is 364 g/mol. The zero-order valence-electron chi connectivity index (χ0n) is 15.0. The summed E-state index contributed by atoms with van der Waals surface area (Å²) in [5, 5.41) is 10.0. The van der Waals surface area contributed by atoms with Crippen LogP contribution in [-0.2, 0) is 4.74 Å². The van der Waals surface area contributed by atoms with Gasteiger partial charge in [-0.2, -0.15) is 5.26 Å². The highest BCUT2D eigenvalue weighted by atomic mass is 35.5. The fourth-order valence-corrected chi connectivity index (χ4v) is 3.68. The van der Waals surface area contributed by atoms with Crippen molar-refractivity contribution >= 4 is 28.9 Å². The number of halogens is 1. The monoisotopic (exact) mass is 384 g/mol. The molecule has 0 unspecified atom stereocenters. The minimum atomic E-state index is 0.650. The number of nitrogens with zero attached hydrogens (tertiary/aromatic N) is 6. The Morgan fingerprint density at radius 3 is 2.19 bits per heavy atom. The second-order valence-electron chi connectivity index (χ2n) is 6.58. The highest BCUT2D eigenvalue weighted by Gasteiger charge is 2.22. The Kier molecular flexibility index (Phi) is 5.28. The highest BCUT2D eigenvalue weighted by Crippen LogP contribution is 2.27. The molecule has 0 spiro atoms. The fourth-order valence-electron chi connectivity index (χ4n) is 3.51. The van der Waals surface area contributed by atoms with Gasteiger partial charge in [0, 0.05) is 50.4 Å². The number of hydrogen-bond donors (Lipinski definition) is 0. The zero-order chi connectivity index (χ0) is 18.6. The molecule has 1 aromatic heterocycles. The molecule has 1 aromatic carbocycles. The normalized spacial score (nSPS) is 17.7. The molecule has 0 aliphatic carbocycles. The summed E-state index contributed by atoms with van der Waals surface area (Å²) in [6.45, 7) is 6.47. The molecule has 8 heteroatoms. The molecule has 27 heavy (non-hydrogen) atoms. The van der Waals surface area contributed by atoms with Gasteiger partial charge in [-0.05, 0) is 18.2 Å². The first-order valence-corrected chi connectivity index (χ1v) is 9.47. The third-order valence-electron chi connectivity index (χ3n) is 5.00. The van der Waals surface area contributed by atoms with Crippen LogP contribution in [0.2, 0.25) is 5.02 Å². The molecule has 7 nitrogen and oxygen atoms in total. The SMILES string of the molecule is N#Cc1ccc(Cl)cc1N1CCN(c2cc(N3CCOCC3)ncn2)CC1. The van der Waals surface area contributed by atoms with Crippen LogP contribution in [0.3, 0.4) is 0 Å². The smallest absolute Gasteiger partial charge is 0.134 e. The van der Waals surface area contributed by atoms with E-state index < -0.39 is 0 Å². The first-order chi connectivity index (χ1) is 13.2. The Bertz CT molecular complexity index is 840. The first-order valence-electron chi connectivity index (χ1n) is 9.09. The van der Waals surface area contributed by atoms with Crippen molar-refractivity contribution in [2.24, 2.45) is 0 Å². The molecule has 0 atom stereocenters. The van der Waals surface area contributed by atoms with Gasteiger partial charge in [0.25, 0.3) is 0 Å². The summed E-state index contributed by atoms with van der Waals surface area (Å²) in [5.41, 5.74) is 1.56. The number of benzene rings is 1. The molecule has 2 aliphatic rings. The van der Waals surface area contributed by atoms with Gasteiger partial charge in [-0.1, -0.05) is 11.6 Å². The van der Waals surface area contributed by atoms with Crippen molar-refractivity contribution in [2.75, 3.05) is 67.2 Å². The Labute approximate surface area is 163 Å². The molecule has 4 rings (SSSR count). The number of morpholine rings is 1. The van der Waals surface area contributed by atoms with Crippen LogP contribution in [0.25, 0.3) is 0 Å². The first kappa shape index (κ1) is 17.8. The van der Waals surface area contributed by atoms with Gasteiger partial charge in [0.2, 0.25) is 0 Å². The molecule has 2 saturated heterocycles. The van der Waals surface area contributed by atoms with Crippen LogP contribution in [0, 0.1) is 11.3 Å². The van der Waals surface area contributed by atoms with Gasteiger partial charge in [0.05, 0.1) is 24.5 Å². The van der Waals surface area contributed by atoms with Crippen molar-refractivity contribution in [3.05, 3.63) is 41.2 Å². The second kappa shape index (κ2) is 7.99. The second-order valence-corrected chi connectivity index (χ2v) is 7.02.